The Morgan fingerprint density at radius 1 is 0.929 bits per heavy atom. The smallest absolute Gasteiger partial charge is 0.279 e. The van der Waals surface area contributed by atoms with Gasteiger partial charge in [0.2, 0.25) is 5.91 Å². The molecule has 2 amide bonds. The molecule has 3 rings (SSSR count). The molecule has 28 heavy (non-hydrogen) atoms. The number of hydrazine groups is 1. The second-order valence-electron chi connectivity index (χ2n) is 6.56. The van der Waals surface area contributed by atoms with Crippen LogP contribution in [0.4, 0.5) is 0 Å². The van der Waals surface area contributed by atoms with Crippen molar-refractivity contribution in [2.45, 2.75) is 33.1 Å². The third-order valence-corrected chi connectivity index (χ3v) is 5.91. The van der Waals surface area contributed by atoms with Crippen molar-refractivity contribution in [2.75, 3.05) is 0 Å². The van der Waals surface area contributed by atoms with E-state index in [1.54, 1.807) is 6.07 Å². The summed E-state index contributed by atoms with van der Waals surface area (Å²) in [5.74, 6) is -0.845. The van der Waals surface area contributed by atoms with Crippen LogP contribution in [-0.4, -0.2) is 17.6 Å². The number of carbonyl (C=O) groups is 3. The molecule has 2 aromatic carbocycles. The van der Waals surface area contributed by atoms with Crippen LogP contribution < -0.4 is 10.9 Å². The predicted molar refractivity (Wildman–Crippen MR) is 112 cm³/mol. The Morgan fingerprint density at radius 3 is 2.39 bits per heavy atom. The summed E-state index contributed by atoms with van der Waals surface area (Å²) in [4.78, 5) is 38.2. The fourth-order valence-electron chi connectivity index (χ4n) is 2.97. The lowest BCUT2D eigenvalue weighted by Crippen LogP contribution is -2.41. The average molecular weight is 394 g/mol. The summed E-state index contributed by atoms with van der Waals surface area (Å²) in [5.41, 5.74) is 6.45. The van der Waals surface area contributed by atoms with E-state index < -0.39 is 5.91 Å². The highest BCUT2D eigenvalue weighted by Gasteiger charge is 2.14. The molecule has 0 aliphatic rings. The van der Waals surface area contributed by atoms with Crippen LogP contribution in [0.15, 0.2) is 48.5 Å². The Balaban J connectivity index is 1.50. The zero-order valence-electron chi connectivity index (χ0n) is 15.9. The standard InChI is InChI=1S/C22H22N2O3S/c1-3-19-14(2)12-20(28-19)22(27)24-23-21(26)11-10-18(25)17-9-8-15-6-4-5-7-16(15)13-17/h4-9,12-13H,3,10-11H2,1-2H3,(H,23,26)(H,24,27). The summed E-state index contributed by atoms with van der Waals surface area (Å²) >= 11 is 1.42. The number of fused-ring (bicyclic) bond motifs is 1. The topological polar surface area (TPSA) is 75.3 Å². The number of amides is 2. The van der Waals surface area contributed by atoms with Gasteiger partial charge in [0.15, 0.2) is 5.78 Å². The number of rotatable bonds is 6. The number of carbonyl (C=O) groups excluding carboxylic acids is 3. The van der Waals surface area contributed by atoms with Crippen molar-refractivity contribution in [2.24, 2.45) is 0 Å². The fourth-order valence-corrected chi connectivity index (χ4v) is 3.98. The van der Waals surface area contributed by atoms with E-state index in [4.69, 9.17) is 0 Å². The average Bonchev–Trinajstić information content (AvgIpc) is 3.10. The minimum Gasteiger partial charge on any atom is -0.294 e. The maximum atomic E-state index is 12.4. The zero-order chi connectivity index (χ0) is 20.1. The van der Waals surface area contributed by atoms with Gasteiger partial charge in [-0.3, -0.25) is 25.2 Å². The van der Waals surface area contributed by atoms with Gasteiger partial charge in [0, 0.05) is 23.3 Å². The summed E-state index contributed by atoms with van der Waals surface area (Å²) in [5, 5.41) is 2.05. The molecule has 0 spiro atoms. The van der Waals surface area contributed by atoms with Gasteiger partial charge in [0.1, 0.15) is 0 Å². The molecule has 1 aromatic heterocycles. The van der Waals surface area contributed by atoms with Crippen LogP contribution in [0.5, 0.6) is 0 Å². The number of Topliss-reactive ketones (excluding diaryl/α,β-unsaturated/α-hetero) is 1. The summed E-state index contributed by atoms with van der Waals surface area (Å²) in [6, 6.07) is 15.1. The van der Waals surface area contributed by atoms with E-state index in [2.05, 4.69) is 10.9 Å². The molecule has 0 aliphatic carbocycles. The van der Waals surface area contributed by atoms with Gasteiger partial charge in [-0.05, 0) is 41.8 Å². The number of ketones is 1. The van der Waals surface area contributed by atoms with Crippen molar-refractivity contribution < 1.29 is 14.4 Å². The van der Waals surface area contributed by atoms with Crippen molar-refractivity contribution >= 4 is 39.7 Å². The van der Waals surface area contributed by atoms with Gasteiger partial charge in [-0.15, -0.1) is 11.3 Å². The van der Waals surface area contributed by atoms with Gasteiger partial charge in [-0.1, -0.05) is 43.3 Å². The van der Waals surface area contributed by atoms with Crippen LogP contribution in [0.2, 0.25) is 0 Å². The third-order valence-electron chi connectivity index (χ3n) is 4.53. The van der Waals surface area contributed by atoms with Gasteiger partial charge in [-0.2, -0.15) is 0 Å². The molecule has 5 nitrogen and oxygen atoms in total. The monoisotopic (exact) mass is 394 g/mol. The van der Waals surface area contributed by atoms with E-state index in [-0.39, 0.29) is 24.5 Å². The molecular formula is C22H22N2O3S. The molecule has 0 saturated carbocycles. The van der Waals surface area contributed by atoms with E-state index in [1.807, 2.05) is 56.3 Å². The van der Waals surface area contributed by atoms with Gasteiger partial charge in [-0.25, -0.2) is 0 Å². The highest BCUT2D eigenvalue weighted by Crippen LogP contribution is 2.22. The lowest BCUT2D eigenvalue weighted by atomic mass is 10.0. The number of thiophene rings is 1. The molecule has 0 radical (unpaired) electrons. The highest BCUT2D eigenvalue weighted by atomic mass is 32.1. The molecule has 0 aliphatic heterocycles. The van der Waals surface area contributed by atoms with Gasteiger partial charge < -0.3 is 0 Å². The van der Waals surface area contributed by atoms with Crippen LogP contribution in [0.25, 0.3) is 10.8 Å². The summed E-state index contributed by atoms with van der Waals surface area (Å²) in [7, 11) is 0. The maximum Gasteiger partial charge on any atom is 0.279 e. The SMILES string of the molecule is CCc1sc(C(=O)NNC(=O)CCC(=O)c2ccc3ccccc3c2)cc1C. The largest absolute Gasteiger partial charge is 0.294 e. The second-order valence-corrected chi connectivity index (χ2v) is 7.69. The minimum atomic E-state index is -0.397. The Labute approximate surface area is 167 Å². The third kappa shape index (κ3) is 4.64. The van der Waals surface area contributed by atoms with Crippen LogP contribution in [0.3, 0.4) is 0 Å². The molecule has 6 heteroatoms. The first-order valence-electron chi connectivity index (χ1n) is 9.18. The normalized spacial score (nSPS) is 10.6. The lowest BCUT2D eigenvalue weighted by Gasteiger charge is -2.06. The molecule has 0 fully saturated rings. The Morgan fingerprint density at radius 2 is 1.68 bits per heavy atom. The van der Waals surface area contributed by atoms with Crippen molar-refractivity contribution in [1.29, 1.82) is 0 Å². The number of hydrogen-bond acceptors (Lipinski definition) is 4. The second kappa shape index (κ2) is 8.80. The zero-order valence-corrected chi connectivity index (χ0v) is 16.7. The van der Waals surface area contributed by atoms with Crippen molar-refractivity contribution in [1.82, 2.24) is 10.9 Å². The molecule has 0 saturated heterocycles. The minimum absolute atomic E-state index is 0.00954. The maximum absolute atomic E-state index is 12.4. The number of hydrogen-bond donors (Lipinski definition) is 2. The number of aryl methyl sites for hydroxylation is 2. The Hall–Kier alpha value is -2.99. The van der Waals surface area contributed by atoms with E-state index in [0.29, 0.717) is 10.4 Å². The van der Waals surface area contributed by atoms with Gasteiger partial charge in [0.25, 0.3) is 5.91 Å². The lowest BCUT2D eigenvalue weighted by molar-refractivity contribution is -0.121. The van der Waals surface area contributed by atoms with Crippen LogP contribution in [0.1, 0.15) is 50.2 Å². The van der Waals surface area contributed by atoms with E-state index in [9.17, 15) is 14.4 Å². The predicted octanol–water partition coefficient (Wildman–Crippen LogP) is 4.20. The number of benzene rings is 2. The molecule has 144 valence electrons. The summed E-state index contributed by atoms with van der Waals surface area (Å²) in [6.45, 7) is 4.00. The molecule has 0 atom stereocenters. The number of nitrogens with one attached hydrogen (secondary N) is 2. The Bertz CT molecular complexity index is 1040. The first-order chi connectivity index (χ1) is 13.5. The van der Waals surface area contributed by atoms with Crippen LogP contribution >= 0.6 is 11.3 Å². The summed E-state index contributed by atoms with van der Waals surface area (Å²) < 4.78 is 0. The molecule has 3 aromatic rings. The quantitative estimate of drug-likeness (QED) is 0.486. The summed E-state index contributed by atoms with van der Waals surface area (Å²) in [6.07, 6.45) is 0.959. The van der Waals surface area contributed by atoms with E-state index in [0.717, 1.165) is 27.6 Å². The van der Waals surface area contributed by atoms with Crippen molar-refractivity contribution in [3.63, 3.8) is 0 Å². The first kappa shape index (κ1) is 19.8. The highest BCUT2D eigenvalue weighted by molar-refractivity contribution is 7.14. The fraction of sp³-hybridized carbons (Fsp3) is 0.227. The molecule has 0 bridgehead atoms. The molecular weight excluding hydrogens is 372 g/mol. The van der Waals surface area contributed by atoms with Crippen molar-refractivity contribution in [3.05, 3.63) is 69.4 Å². The molecule has 0 unspecified atom stereocenters. The van der Waals surface area contributed by atoms with Gasteiger partial charge in [0.05, 0.1) is 4.88 Å². The van der Waals surface area contributed by atoms with Crippen LogP contribution in [-0.2, 0) is 11.2 Å². The molecule has 1 heterocycles. The Kier molecular flexibility index (Phi) is 6.21. The molecule has 2 N–H and O–H groups in total. The van der Waals surface area contributed by atoms with E-state index in [1.165, 1.54) is 11.3 Å². The van der Waals surface area contributed by atoms with E-state index >= 15 is 0 Å². The van der Waals surface area contributed by atoms with Crippen molar-refractivity contribution in [3.8, 4) is 0 Å². The first-order valence-corrected chi connectivity index (χ1v) is 10.00. The van der Waals surface area contributed by atoms with Crippen LogP contribution in [0, 0.1) is 6.92 Å². The van der Waals surface area contributed by atoms with Gasteiger partial charge >= 0.3 is 0 Å².